The van der Waals surface area contributed by atoms with E-state index in [4.69, 9.17) is 0 Å². The molecule has 2 heteroatoms. The van der Waals surface area contributed by atoms with Gasteiger partial charge in [-0.1, -0.05) is 54.4 Å². The second-order valence-electron chi connectivity index (χ2n) is 7.40. The molecule has 1 N–H and O–H groups in total. The first-order chi connectivity index (χ1) is 9.48. The number of phenolic OH excluding ortho intramolecular Hbond substituents is 1. The van der Waals surface area contributed by atoms with Gasteiger partial charge in [0.05, 0.1) is 0 Å². The van der Waals surface area contributed by atoms with Gasteiger partial charge in [-0.3, -0.25) is 4.79 Å². The Balaban J connectivity index is 3.59. The summed E-state index contributed by atoms with van der Waals surface area (Å²) in [6, 6.07) is 3.55. The van der Waals surface area contributed by atoms with Gasteiger partial charge in [0, 0.05) is 23.1 Å². The molecule has 0 saturated carbocycles. The number of hydrogen-bond acceptors (Lipinski definition) is 2. The number of hydrogen-bond donors (Lipinski definition) is 1. The molecule has 0 amide bonds. The Morgan fingerprint density at radius 2 is 1.48 bits per heavy atom. The van der Waals surface area contributed by atoms with Gasteiger partial charge in [-0.15, -0.1) is 0 Å². The monoisotopic (exact) mass is 286 g/mol. The molecular weight excluding hydrogens is 260 g/mol. The standard InChI is InChI=1S/C19H26O2/c1-8-9-10-16(20)13-11-14(18(2,3)4)17(21)15(12-13)19(5,6)7/h11-12,21H,8H2,1-7H3. The molecule has 2 nitrogen and oxygen atoms in total. The third kappa shape index (κ3) is 4.11. The second-order valence-corrected chi connectivity index (χ2v) is 7.40. The van der Waals surface area contributed by atoms with Crippen LogP contribution in [0.1, 0.15) is 76.4 Å². The Morgan fingerprint density at radius 1 is 1.05 bits per heavy atom. The smallest absolute Gasteiger partial charge is 0.235 e. The van der Waals surface area contributed by atoms with Crippen LogP contribution in [0.15, 0.2) is 12.1 Å². The van der Waals surface area contributed by atoms with Crippen LogP contribution in [0.25, 0.3) is 0 Å². The van der Waals surface area contributed by atoms with Crippen molar-refractivity contribution in [3.63, 3.8) is 0 Å². The lowest BCUT2D eigenvalue weighted by Crippen LogP contribution is -2.18. The Hall–Kier alpha value is -1.75. The molecule has 0 aliphatic carbocycles. The summed E-state index contributed by atoms with van der Waals surface area (Å²) in [6.45, 7) is 14.1. The van der Waals surface area contributed by atoms with Crippen molar-refractivity contribution in [3.8, 4) is 17.6 Å². The highest BCUT2D eigenvalue weighted by Crippen LogP contribution is 2.39. The lowest BCUT2D eigenvalue weighted by Gasteiger charge is -2.27. The van der Waals surface area contributed by atoms with E-state index in [-0.39, 0.29) is 22.4 Å². The number of carbonyl (C=O) groups is 1. The van der Waals surface area contributed by atoms with E-state index in [1.807, 2.05) is 48.5 Å². The molecule has 0 aliphatic heterocycles. The first kappa shape index (κ1) is 17.3. The zero-order valence-corrected chi connectivity index (χ0v) is 14.2. The van der Waals surface area contributed by atoms with Gasteiger partial charge in [0.25, 0.3) is 0 Å². The third-order valence-corrected chi connectivity index (χ3v) is 3.37. The van der Waals surface area contributed by atoms with Gasteiger partial charge in [0.15, 0.2) is 0 Å². The maximum absolute atomic E-state index is 12.2. The number of aromatic hydroxyl groups is 1. The summed E-state index contributed by atoms with van der Waals surface area (Å²) in [6.07, 6.45) is 0.655. The number of ketones is 1. The fraction of sp³-hybridized carbons (Fsp3) is 0.526. The number of rotatable bonds is 1. The molecule has 0 aliphatic rings. The van der Waals surface area contributed by atoms with E-state index in [1.165, 1.54) is 0 Å². The van der Waals surface area contributed by atoms with Crippen molar-refractivity contribution in [2.45, 2.75) is 65.7 Å². The molecule has 21 heavy (non-hydrogen) atoms. The highest BCUT2D eigenvalue weighted by Gasteiger charge is 2.27. The van der Waals surface area contributed by atoms with Crippen LogP contribution in [0.4, 0.5) is 0 Å². The summed E-state index contributed by atoms with van der Waals surface area (Å²) in [5.74, 6) is 5.57. The Kier molecular flexibility index (Phi) is 4.89. The minimum Gasteiger partial charge on any atom is -0.507 e. The largest absolute Gasteiger partial charge is 0.507 e. The summed E-state index contributed by atoms with van der Waals surface area (Å²) in [4.78, 5) is 12.2. The van der Waals surface area contributed by atoms with Crippen LogP contribution in [-0.4, -0.2) is 10.9 Å². The molecule has 0 spiro atoms. The number of Topliss-reactive ketones (excluding diaryl/α,β-unsaturated/α-hetero) is 1. The van der Waals surface area contributed by atoms with Gasteiger partial charge >= 0.3 is 0 Å². The average molecular weight is 286 g/mol. The fourth-order valence-corrected chi connectivity index (χ4v) is 2.15. The van der Waals surface area contributed by atoms with Crippen molar-refractivity contribution in [2.75, 3.05) is 0 Å². The van der Waals surface area contributed by atoms with Gasteiger partial charge in [0.1, 0.15) is 5.75 Å². The number of phenols is 1. The molecule has 1 aromatic rings. The first-order valence-electron chi connectivity index (χ1n) is 7.39. The highest BCUT2D eigenvalue weighted by atomic mass is 16.3. The molecule has 1 aromatic carbocycles. The molecule has 0 atom stereocenters. The topological polar surface area (TPSA) is 37.3 Å². The van der Waals surface area contributed by atoms with Crippen LogP contribution in [0.2, 0.25) is 0 Å². The van der Waals surface area contributed by atoms with E-state index in [9.17, 15) is 9.90 Å². The Bertz CT molecular complexity index is 564. The molecule has 0 bridgehead atoms. The maximum Gasteiger partial charge on any atom is 0.235 e. The summed E-state index contributed by atoms with van der Waals surface area (Å²) in [7, 11) is 0. The van der Waals surface area contributed by atoms with E-state index >= 15 is 0 Å². The van der Waals surface area contributed by atoms with Gasteiger partial charge in [0.2, 0.25) is 5.78 Å². The van der Waals surface area contributed by atoms with Crippen LogP contribution in [-0.2, 0) is 10.8 Å². The van der Waals surface area contributed by atoms with Crippen LogP contribution >= 0.6 is 0 Å². The minimum atomic E-state index is -0.238. The summed E-state index contributed by atoms with van der Waals surface area (Å²) in [5, 5.41) is 10.6. The number of benzene rings is 1. The van der Waals surface area contributed by atoms with Gasteiger partial charge in [-0.25, -0.2) is 0 Å². The summed E-state index contributed by atoms with van der Waals surface area (Å²) in [5.41, 5.74) is 1.66. The normalized spacial score (nSPS) is 11.8. The van der Waals surface area contributed by atoms with E-state index in [1.54, 1.807) is 12.1 Å². The van der Waals surface area contributed by atoms with Crippen LogP contribution in [0, 0.1) is 11.8 Å². The Morgan fingerprint density at radius 3 is 1.81 bits per heavy atom. The summed E-state index contributed by atoms with van der Waals surface area (Å²) >= 11 is 0. The SMILES string of the molecule is CCC#CC(=O)c1cc(C(C)(C)C)c(O)c(C(C)(C)C)c1. The molecule has 0 fully saturated rings. The van der Waals surface area contributed by atoms with Crippen molar-refractivity contribution in [3.05, 3.63) is 28.8 Å². The van der Waals surface area contributed by atoms with Crippen LogP contribution in [0.5, 0.6) is 5.75 Å². The Labute approximate surface area is 128 Å². The minimum absolute atomic E-state index is 0.187. The predicted molar refractivity (Wildman–Crippen MR) is 87.9 cm³/mol. The van der Waals surface area contributed by atoms with Gasteiger partial charge < -0.3 is 5.11 Å². The maximum atomic E-state index is 12.2. The molecule has 0 radical (unpaired) electrons. The predicted octanol–water partition coefficient (Wildman–Crippen LogP) is 4.58. The van der Waals surface area contributed by atoms with Crippen molar-refractivity contribution in [1.82, 2.24) is 0 Å². The molecule has 0 heterocycles. The lowest BCUT2D eigenvalue weighted by molar-refractivity contribution is 0.105. The highest BCUT2D eigenvalue weighted by molar-refractivity contribution is 6.09. The summed E-state index contributed by atoms with van der Waals surface area (Å²) < 4.78 is 0. The molecule has 0 unspecified atom stereocenters. The molecular formula is C19H26O2. The number of carbonyl (C=O) groups excluding carboxylic acids is 1. The zero-order chi connectivity index (χ0) is 16.4. The van der Waals surface area contributed by atoms with E-state index in [2.05, 4.69) is 11.8 Å². The van der Waals surface area contributed by atoms with Gasteiger partial charge in [-0.2, -0.15) is 0 Å². The quantitative estimate of drug-likeness (QED) is 0.466. The third-order valence-electron chi connectivity index (χ3n) is 3.37. The van der Waals surface area contributed by atoms with Crippen LogP contribution < -0.4 is 0 Å². The average Bonchev–Trinajstić information content (AvgIpc) is 2.33. The lowest BCUT2D eigenvalue weighted by atomic mass is 9.78. The van der Waals surface area contributed by atoms with Gasteiger partial charge in [-0.05, 0) is 28.9 Å². The molecule has 0 aromatic heterocycles. The molecule has 0 saturated heterocycles. The van der Waals surface area contributed by atoms with Crippen LogP contribution in [0.3, 0.4) is 0 Å². The van der Waals surface area contributed by atoms with E-state index in [0.29, 0.717) is 12.0 Å². The van der Waals surface area contributed by atoms with Crippen molar-refractivity contribution in [1.29, 1.82) is 0 Å². The van der Waals surface area contributed by atoms with Crippen molar-refractivity contribution < 1.29 is 9.90 Å². The van der Waals surface area contributed by atoms with E-state index in [0.717, 1.165) is 11.1 Å². The molecule has 1 rings (SSSR count). The van der Waals surface area contributed by atoms with E-state index < -0.39 is 0 Å². The zero-order valence-electron chi connectivity index (χ0n) is 14.2. The molecule has 114 valence electrons. The van der Waals surface area contributed by atoms with Crippen molar-refractivity contribution in [2.24, 2.45) is 0 Å². The second kappa shape index (κ2) is 5.93. The fourth-order valence-electron chi connectivity index (χ4n) is 2.15. The first-order valence-corrected chi connectivity index (χ1v) is 7.39. The van der Waals surface area contributed by atoms with Crippen molar-refractivity contribution >= 4 is 5.78 Å².